The number of H-pyrrole nitrogens is 1. The van der Waals surface area contributed by atoms with Crippen LogP contribution in [0.3, 0.4) is 0 Å². The van der Waals surface area contributed by atoms with Crippen LogP contribution < -0.4 is 10.6 Å². The zero-order chi connectivity index (χ0) is 29.9. The molecule has 0 bridgehead atoms. The Balaban J connectivity index is 1.37. The maximum absolute atomic E-state index is 12.5. The number of benzene rings is 2. The smallest absolute Gasteiger partial charge is 0.412 e. The van der Waals surface area contributed by atoms with Gasteiger partial charge in [-0.3, -0.25) is 15.6 Å². The summed E-state index contributed by atoms with van der Waals surface area (Å²) >= 11 is 6.33. The summed E-state index contributed by atoms with van der Waals surface area (Å²) in [5.41, 5.74) is 4.91. The van der Waals surface area contributed by atoms with Gasteiger partial charge in [0.2, 0.25) is 0 Å². The SMILES string of the molecule is COC(=O)Nc1ccc(-c2cnc(C(CC3CC3)c3ccc(-c4cc(Cl)ccc4NC(=O)OC(C)(C)C)cn3)[nH]2)cc1. The van der Waals surface area contributed by atoms with Crippen LogP contribution in [0.2, 0.25) is 5.02 Å². The molecule has 1 aliphatic carbocycles. The molecular formula is C32H34ClN5O4. The third kappa shape index (κ3) is 7.47. The van der Waals surface area contributed by atoms with E-state index in [-0.39, 0.29) is 5.92 Å². The fraction of sp³-hybridized carbons (Fsp3) is 0.312. The minimum absolute atomic E-state index is 0.000663. The molecule has 1 saturated carbocycles. The van der Waals surface area contributed by atoms with Crippen LogP contribution in [-0.4, -0.2) is 39.8 Å². The molecule has 10 heteroatoms. The zero-order valence-electron chi connectivity index (χ0n) is 24.0. The molecule has 2 heterocycles. The van der Waals surface area contributed by atoms with E-state index in [9.17, 15) is 9.59 Å². The lowest BCUT2D eigenvalue weighted by Crippen LogP contribution is -2.27. The number of halogens is 1. The molecule has 1 fully saturated rings. The Morgan fingerprint density at radius 2 is 1.71 bits per heavy atom. The Morgan fingerprint density at radius 1 is 0.976 bits per heavy atom. The van der Waals surface area contributed by atoms with Crippen LogP contribution in [0.5, 0.6) is 0 Å². The van der Waals surface area contributed by atoms with E-state index < -0.39 is 17.8 Å². The second-order valence-corrected chi connectivity index (χ2v) is 11.8. The Labute approximate surface area is 250 Å². The summed E-state index contributed by atoms with van der Waals surface area (Å²) in [6.45, 7) is 5.45. The van der Waals surface area contributed by atoms with Crippen molar-refractivity contribution in [2.75, 3.05) is 17.7 Å². The van der Waals surface area contributed by atoms with Crippen molar-refractivity contribution in [3.05, 3.63) is 83.5 Å². The van der Waals surface area contributed by atoms with Gasteiger partial charge in [0.1, 0.15) is 11.4 Å². The molecular weight excluding hydrogens is 554 g/mol. The van der Waals surface area contributed by atoms with E-state index >= 15 is 0 Å². The van der Waals surface area contributed by atoms with Gasteiger partial charge in [-0.25, -0.2) is 14.6 Å². The lowest BCUT2D eigenvalue weighted by molar-refractivity contribution is 0.0636. The first-order valence-electron chi connectivity index (χ1n) is 13.8. The molecule has 4 aromatic rings. The number of imidazole rings is 1. The Kier molecular flexibility index (Phi) is 8.49. The number of methoxy groups -OCH3 is 1. The predicted molar refractivity (Wildman–Crippen MR) is 164 cm³/mol. The Hall–Kier alpha value is -4.37. The topological polar surface area (TPSA) is 118 Å². The van der Waals surface area contributed by atoms with Gasteiger partial charge in [0.15, 0.2) is 0 Å². The van der Waals surface area contributed by atoms with Crippen molar-refractivity contribution >= 4 is 35.2 Å². The van der Waals surface area contributed by atoms with Gasteiger partial charge in [-0.15, -0.1) is 0 Å². The molecule has 218 valence electrons. The first-order valence-corrected chi connectivity index (χ1v) is 14.2. The fourth-order valence-corrected chi connectivity index (χ4v) is 4.84. The number of rotatable bonds is 8. The summed E-state index contributed by atoms with van der Waals surface area (Å²) in [6.07, 6.45) is 5.94. The van der Waals surface area contributed by atoms with E-state index in [0.29, 0.717) is 22.3 Å². The first kappa shape index (κ1) is 29.1. The number of hydrogen-bond donors (Lipinski definition) is 3. The highest BCUT2D eigenvalue weighted by atomic mass is 35.5. The summed E-state index contributed by atoms with van der Waals surface area (Å²) in [5, 5.41) is 6.04. The molecule has 2 aromatic carbocycles. The predicted octanol–water partition coefficient (Wildman–Crippen LogP) is 8.25. The minimum atomic E-state index is -0.618. The summed E-state index contributed by atoms with van der Waals surface area (Å²) in [5.74, 6) is 1.49. The van der Waals surface area contributed by atoms with Crippen LogP contribution in [0, 0.1) is 5.92 Å². The number of nitrogens with one attached hydrogen (secondary N) is 3. The van der Waals surface area contributed by atoms with Crippen molar-refractivity contribution < 1.29 is 19.1 Å². The maximum Gasteiger partial charge on any atom is 0.412 e. The van der Waals surface area contributed by atoms with E-state index in [1.807, 2.05) is 63.4 Å². The largest absolute Gasteiger partial charge is 0.453 e. The number of nitrogens with zero attached hydrogens (tertiary/aromatic N) is 2. The van der Waals surface area contributed by atoms with Gasteiger partial charge < -0.3 is 14.5 Å². The highest BCUT2D eigenvalue weighted by Gasteiger charge is 2.30. The van der Waals surface area contributed by atoms with Gasteiger partial charge in [-0.1, -0.05) is 42.6 Å². The lowest BCUT2D eigenvalue weighted by atomic mass is 9.95. The number of anilines is 2. The third-order valence-electron chi connectivity index (χ3n) is 6.89. The van der Waals surface area contributed by atoms with Crippen LogP contribution in [0.25, 0.3) is 22.4 Å². The lowest BCUT2D eigenvalue weighted by Gasteiger charge is -2.20. The fourth-order valence-electron chi connectivity index (χ4n) is 4.67. The van der Waals surface area contributed by atoms with Crippen molar-refractivity contribution in [2.45, 2.75) is 51.6 Å². The second-order valence-electron chi connectivity index (χ2n) is 11.4. The number of aromatic amines is 1. The van der Waals surface area contributed by atoms with Gasteiger partial charge in [-0.05, 0) is 75.1 Å². The molecule has 0 radical (unpaired) electrons. The molecule has 9 nitrogen and oxygen atoms in total. The first-order chi connectivity index (χ1) is 20.1. The van der Waals surface area contributed by atoms with Gasteiger partial charge in [0.25, 0.3) is 0 Å². The molecule has 0 aliphatic heterocycles. The van der Waals surface area contributed by atoms with E-state index in [1.54, 1.807) is 24.4 Å². The standard InChI is InChI=1S/C32H34ClN5O4/c1-32(2,3)42-31(40)38-27-14-10-22(33)16-24(27)21-9-13-26(34-17-21)25(15-19-5-6-19)29-35-18-28(37-29)20-7-11-23(12-8-20)36-30(39)41-4/h7-14,16-19,25H,5-6,15H2,1-4H3,(H,35,37)(H,36,39)(H,38,40). The molecule has 3 N–H and O–H groups in total. The second kappa shape index (κ2) is 12.2. The summed E-state index contributed by atoms with van der Waals surface area (Å²) in [6, 6.07) is 16.8. The number of amides is 2. The minimum Gasteiger partial charge on any atom is -0.453 e. The third-order valence-corrected chi connectivity index (χ3v) is 7.13. The Bertz CT molecular complexity index is 1560. The average molecular weight is 588 g/mol. The molecule has 1 aliphatic rings. The van der Waals surface area contributed by atoms with Crippen molar-refractivity contribution in [2.24, 2.45) is 5.92 Å². The Morgan fingerprint density at radius 3 is 2.36 bits per heavy atom. The molecule has 0 saturated heterocycles. The monoisotopic (exact) mass is 587 g/mol. The molecule has 0 spiro atoms. The summed E-state index contributed by atoms with van der Waals surface area (Å²) < 4.78 is 10.1. The van der Waals surface area contributed by atoms with Crippen LogP contribution in [0.1, 0.15) is 57.5 Å². The number of aromatic nitrogens is 3. The molecule has 2 amide bonds. The van der Waals surface area contributed by atoms with Gasteiger partial charge in [-0.2, -0.15) is 0 Å². The van der Waals surface area contributed by atoms with Crippen LogP contribution in [0.4, 0.5) is 21.0 Å². The quantitative estimate of drug-likeness (QED) is 0.191. The molecule has 1 atom stereocenters. The van der Waals surface area contributed by atoms with Gasteiger partial charge in [0.05, 0.1) is 36.3 Å². The van der Waals surface area contributed by atoms with Crippen LogP contribution in [0.15, 0.2) is 67.0 Å². The van der Waals surface area contributed by atoms with Gasteiger partial charge >= 0.3 is 12.2 Å². The van der Waals surface area contributed by atoms with Crippen LogP contribution in [-0.2, 0) is 9.47 Å². The van der Waals surface area contributed by atoms with Crippen molar-refractivity contribution in [3.8, 4) is 22.4 Å². The number of pyridine rings is 1. The summed E-state index contributed by atoms with van der Waals surface area (Å²) in [7, 11) is 1.33. The molecule has 42 heavy (non-hydrogen) atoms. The summed E-state index contributed by atoms with van der Waals surface area (Å²) in [4.78, 5) is 37.0. The van der Waals surface area contributed by atoms with Crippen molar-refractivity contribution in [1.82, 2.24) is 15.0 Å². The normalized spacial score (nSPS) is 13.7. The number of carbonyl (C=O) groups excluding carboxylic acids is 2. The van der Waals surface area contributed by atoms with E-state index in [4.69, 9.17) is 26.3 Å². The molecule has 1 unspecified atom stereocenters. The average Bonchev–Trinajstić information content (AvgIpc) is 3.65. The van der Waals surface area contributed by atoms with E-state index in [0.717, 1.165) is 40.3 Å². The molecule has 2 aromatic heterocycles. The number of carbonyl (C=O) groups is 2. The van der Waals surface area contributed by atoms with Crippen molar-refractivity contribution in [3.63, 3.8) is 0 Å². The highest BCUT2D eigenvalue weighted by molar-refractivity contribution is 6.31. The maximum atomic E-state index is 12.5. The van der Waals surface area contributed by atoms with Gasteiger partial charge in [0, 0.05) is 28.0 Å². The zero-order valence-corrected chi connectivity index (χ0v) is 24.8. The van der Waals surface area contributed by atoms with Crippen LogP contribution >= 0.6 is 11.6 Å². The highest BCUT2D eigenvalue weighted by Crippen LogP contribution is 2.41. The van der Waals surface area contributed by atoms with Crippen molar-refractivity contribution in [1.29, 1.82) is 0 Å². The number of hydrogen-bond acceptors (Lipinski definition) is 6. The molecule has 5 rings (SSSR count). The number of ether oxygens (including phenoxy) is 2. The van der Waals surface area contributed by atoms with E-state index in [1.165, 1.54) is 20.0 Å². The van der Waals surface area contributed by atoms with E-state index in [2.05, 4.69) is 20.4 Å².